The molecule has 43 heavy (non-hydrogen) atoms. The van der Waals surface area contributed by atoms with E-state index in [-0.39, 0.29) is 0 Å². The van der Waals surface area contributed by atoms with E-state index >= 15 is 0 Å². The second-order valence-electron chi connectivity index (χ2n) is 11.1. The summed E-state index contributed by atoms with van der Waals surface area (Å²) >= 11 is 0. The molecule has 0 unspecified atom stereocenters. The number of aliphatic carboxylic acids is 1. The molecule has 0 amide bonds. The van der Waals surface area contributed by atoms with Crippen LogP contribution in [0.3, 0.4) is 0 Å². The molecule has 0 radical (unpaired) electrons. The Morgan fingerprint density at radius 1 is 0.837 bits per heavy atom. The quantitative estimate of drug-likeness (QED) is 0.135. The molecule has 222 valence electrons. The highest BCUT2D eigenvalue weighted by molar-refractivity contribution is 5.85. The van der Waals surface area contributed by atoms with E-state index in [0.717, 1.165) is 44.7 Å². The minimum atomic E-state index is -1.00. The molecule has 0 fully saturated rings. The smallest absolute Gasteiger partial charge is 0.320 e. The highest BCUT2D eigenvalue weighted by Gasteiger charge is 2.19. The molecule has 7 heteroatoms. The molecule has 0 bridgehead atoms. The summed E-state index contributed by atoms with van der Waals surface area (Å²) in [5.74, 6) is 0.592. The van der Waals surface area contributed by atoms with Crippen LogP contribution in [0.1, 0.15) is 39.8 Å². The first kappa shape index (κ1) is 29.9. The standard InChI is InChI=1S/C36H39N3O4/c1-25-7-5-9-27(19-25)23-42-34-12-4-3-11-29(34)21-39(18-16-32(37)36(40)41)22-31-30-15-17-38-33(30)13-14-35(31)43-24-28-10-6-8-26(2)20-28/h3-15,17,19-20,32,38H,16,18,21-24,37H2,1-2H3,(H,40,41)/t32-/m0/s1. The summed E-state index contributed by atoms with van der Waals surface area (Å²) in [4.78, 5) is 17.1. The molecule has 7 nitrogen and oxygen atoms in total. The number of carboxylic acids is 1. The molecule has 0 saturated carbocycles. The number of aromatic amines is 1. The molecule has 0 aliphatic rings. The van der Waals surface area contributed by atoms with Crippen molar-refractivity contribution in [2.24, 2.45) is 5.73 Å². The lowest BCUT2D eigenvalue weighted by molar-refractivity contribution is -0.138. The third kappa shape index (κ3) is 8.03. The van der Waals surface area contributed by atoms with Crippen LogP contribution in [0.15, 0.2) is 97.2 Å². The van der Waals surface area contributed by atoms with Gasteiger partial charge in [-0.05, 0) is 55.7 Å². The third-order valence-corrected chi connectivity index (χ3v) is 7.58. The molecule has 0 aliphatic heterocycles. The lowest BCUT2D eigenvalue weighted by Crippen LogP contribution is -2.35. The van der Waals surface area contributed by atoms with E-state index < -0.39 is 12.0 Å². The predicted molar refractivity (Wildman–Crippen MR) is 170 cm³/mol. The van der Waals surface area contributed by atoms with Crippen LogP contribution in [0.5, 0.6) is 11.5 Å². The first-order valence-corrected chi connectivity index (χ1v) is 14.6. The summed E-state index contributed by atoms with van der Waals surface area (Å²) < 4.78 is 12.7. The van der Waals surface area contributed by atoms with Gasteiger partial charge in [-0.1, -0.05) is 77.9 Å². The molecule has 0 spiro atoms. The average molecular weight is 578 g/mol. The van der Waals surface area contributed by atoms with Crippen molar-refractivity contribution in [3.8, 4) is 11.5 Å². The Morgan fingerprint density at radius 2 is 1.51 bits per heavy atom. The fourth-order valence-electron chi connectivity index (χ4n) is 5.30. The predicted octanol–water partition coefficient (Wildman–Crippen LogP) is 6.75. The van der Waals surface area contributed by atoms with E-state index in [1.54, 1.807) is 0 Å². The summed E-state index contributed by atoms with van der Waals surface area (Å²) in [6.45, 7) is 6.62. The number of nitrogens with one attached hydrogen (secondary N) is 1. The number of hydrogen-bond donors (Lipinski definition) is 3. The van der Waals surface area contributed by atoms with Crippen molar-refractivity contribution in [1.29, 1.82) is 0 Å². The van der Waals surface area contributed by atoms with Crippen LogP contribution in [0.2, 0.25) is 0 Å². The van der Waals surface area contributed by atoms with Crippen LogP contribution in [0.25, 0.3) is 10.9 Å². The Balaban J connectivity index is 1.41. The Morgan fingerprint density at radius 3 is 2.19 bits per heavy atom. The van der Waals surface area contributed by atoms with Crippen molar-refractivity contribution in [3.05, 3.63) is 131 Å². The summed E-state index contributed by atoms with van der Waals surface area (Å²) in [6, 6.07) is 29.7. The zero-order valence-electron chi connectivity index (χ0n) is 24.8. The molecular weight excluding hydrogens is 538 g/mol. The van der Waals surface area contributed by atoms with E-state index in [0.29, 0.717) is 39.3 Å². The number of ether oxygens (including phenoxy) is 2. The minimum Gasteiger partial charge on any atom is -0.489 e. The zero-order chi connectivity index (χ0) is 30.2. The summed E-state index contributed by atoms with van der Waals surface area (Å²) in [5, 5.41) is 10.6. The van der Waals surface area contributed by atoms with Gasteiger partial charge in [-0.3, -0.25) is 9.69 Å². The van der Waals surface area contributed by atoms with Gasteiger partial charge in [0, 0.05) is 47.9 Å². The number of para-hydroxylation sites is 1. The SMILES string of the molecule is Cc1cccc(COc2ccccc2CN(CC[C@H](N)C(=O)O)Cc2c(OCc3cccc(C)c3)ccc3[nH]ccc23)c1. The van der Waals surface area contributed by atoms with Crippen LogP contribution in [-0.2, 0) is 31.1 Å². The number of carboxylic acid groups (broad SMARTS) is 1. The number of nitrogens with zero attached hydrogens (tertiary/aromatic N) is 1. The molecule has 5 rings (SSSR count). The van der Waals surface area contributed by atoms with Gasteiger partial charge in [0.25, 0.3) is 0 Å². The summed E-state index contributed by atoms with van der Waals surface area (Å²) in [7, 11) is 0. The van der Waals surface area contributed by atoms with Gasteiger partial charge in [0.15, 0.2) is 0 Å². The summed E-state index contributed by atoms with van der Waals surface area (Å²) in [5.41, 5.74) is 13.6. The zero-order valence-corrected chi connectivity index (χ0v) is 24.8. The fourth-order valence-corrected chi connectivity index (χ4v) is 5.30. The van der Waals surface area contributed by atoms with Crippen LogP contribution >= 0.6 is 0 Å². The number of carbonyl (C=O) groups is 1. The molecule has 1 atom stereocenters. The van der Waals surface area contributed by atoms with Crippen molar-refractivity contribution in [1.82, 2.24) is 9.88 Å². The van der Waals surface area contributed by atoms with Gasteiger partial charge in [-0.15, -0.1) is 0 Å². The van der Waals surface area contributed by atoms with E-state index in [2.05, 4.69) is 72.3 Å². The van der Waals surface area contributed by atoms with Gasteiger partial charge in [-0.25, -0.2) is 0 Å². The molecule has 0 saturated heterocycles. The molecular formula is C36H39N3O4. The Bertz CT molecular complexity index is 1680. The molecule has 1 aromatic heterocycles. The second kappa shape index (κ2) is 14.1. The third-order valence-electron chi connectivity index (χ3n) is 7.58. The number of nitrogens with two attached hydrogens (primary N) is 1. The van der Waals surface area contributed by atoms with Crippen molar-refractivity contribution in [3.63, 3.8) is 0 Å². The Labute approximate surface area is 252 Å². The molecule has 1 heterocycles. The van der Waals surface area contributed by atoms with Crippen molar-refractivity contribution >= 4 is 16.9 Å². The highest BCUT2D eigenvalue weighted by atomic mass is 16.5. The average Bonchev–Trinajstić information content (AvgIpc) is 3.48. The summed E-state index contributed by atoms with van der Waals surface area (Å²) in [6.07, 6.45) is 2.24. The van der Waals surface area contributed by atoms with E-state index in [4.69, 9.17) is 15.2 Å². The van der Waals surface area contributed by atoms with Gasteiger partial charge in [0.2, 0.25) is 0 Å². The number of H-pyrrole nitrogens is 1. The maximum absolute atomic E-state index is 11.6. The number of aromatic nitrogens is 1. The van der Waals surface area contributed by atoms with Crippen LogP contribution in [-0.4, -0.2) is 33.5 Å². The maximum atomic E-state index is 11.6. The first-order chi connectivity index (χ1) is 20.9. The van der Waals surface area contributed by atoms with Crippen molar-refractivity contribution < 1.29 is 19.4 Å². The van der Waals surface area contributed by atoms with Gasteiger partial charge in [0.05, 0.1) is 0 Å². The van der Waals surface area contributed by atoms with Gasteiger partial charge < -0.3 is 25.3 Å². The lowest BCUT2D eigenvalue weighted by atomic mass is 10.1. The van der Waals surface area contributed by atoms with E-state index in [9.17, 15) is 9.90 Å². The normalized spacial score (nSPS) is 12.0. The molecule has 4 N–H and O–H groups in total. The Kier molecular flexibility index (Phi) is 9.77. The van der Waals surface area contributed by atoms with Crippen molar-refractivity contribution in [2.45, 2.75) is 52.6 Å². The maximum Gasteiger partial charge on any atom is 0.320 e. The van der Waals surface area contributed by atoms with E-state index in [1.165, 1.54) is 11.1 Å². The largest absolute Gasteiger partial charge is 0.489 e. The number of fused-ring (bicyclic) bond motifs is 1. The van der Waals surface area contributed by atoms with Crippen LogP contribution in [0.4, 0.5) is 0 Å². The number of hydrogen-bond acceptors (Lipinski definition) is 5. The fraction of sp³-hybridized carbons (Fsp3) is 0.250. The van der Waals surface area contributed by atoms with Gasteiger partial charge >= 0.3 is 5.97 Å². The Hall–Kier alpha value is -4.59. The van der Waals surface area contributed by atoms with Crippen molar-refractivity contribution in [2.75, 3.05) is 6.54 Å². The number of benzene rings is 4. The lowest BCUT2D eigenvalue weighted by Gasteiger charge is -2.26. The monoisotopic (exact) mass is 577 g/mol. The highest BCUT2D eigenvalue weighted by Crippen LogP contribution is 2.31. The first-order valence-electron chi connectivity index (χ1n) is 14.6. The van der Waals surface area contributed by atoms with Gasteiger partial charge in [0.1, 0.15) is 30.8 Å². The molecule has 0 aliphatic carbocycles. The topological polar surface area (TPSA) is 101 Å². The minimum absolute atomic E-state index is 0.310. The molecule has 4 aromatic carbocycles. The van der Waals surface area contributed by atoms with Crippen LogP contribution in [0, 0.1) is 13.8 Å². The van der Waals surface area contributed by atoms with E-state index in [1.807, 2.05) is 48.7 Å². The van der Waals surface area contributed by atoms with Crippen LogP contribution < -0.4 is 15.2 Å². The number of aryl methyl sites for hydroxylation is 2. The number of rotatable bonds is 14. The molecule has 5 aromatic rings. The van der Waals surface area contributed by atoms with Gasteiger partial charge in [-0.2, -0.15) is 0 Å². The second-order valence-corrected chi connectivity index (χ2v) is 11.1.